The number of halogens is 1. The summed E-state index contributed by atoms with van der Waals surface area (Å²) in [5.74, 6) is -0.279. The highest BCUT2D eigenvalue weighted by Gasteiger charge is 2.21. The first-order chi connectivity index (χ1) is 6.89. The van der Waals surface area contributed by atoms with E-state index < -0.39 is 5.60 Å². The van der Waals surface area contributed by atoms with Crippen molar-refractivity contribution in [3.8, 4) is 0 Å². The molecule has 1 heterocycles. The molecule has 0 radical (unpaired) electrons. The van der Waals surface area contributed by atoms with E-state index in [4.69, 9.17) is 0 Å². The predicted molar refractivity (Wildman–Crippen MR) is 58.1 cm³/mol. The van der Waals surface area contributed by atoms with E-state index in [1.165, 1.54) is 12.1 Å². The second-order valence-corrected chi connectivity index (χ2v) is 4.37. The van der Waals surface area contributed by atoms with Crippen molar-refractivity contribution in [2.24, 2.45) is 7.05 Å². The molecule has 0 aliphatic rings. The first-order valence-corrected chi connectivity index (χ1v) is 4.87. The molecule has 0 aliphatic carbocycles. The molecular weight excluding hydrogens is 193 g/mol. The van der Waals surface area contributed by atoms with Crippen LogP contribution >= 0.6 is 0 Å². The van der Waals surface area contributed by atoms with E-state index in [9.17, 15) is 9.50 Å². The second-order valence-electron chi connectivity index (χ2n) is 4.37. The smallest absolute Gasteiger partial charge is 0.123 e. The van der Waals surface area contributed by atoms with Gasteiger partial charge in [-0.05, 0) is 32.0 Å². The number of hydrogen-bond donors (Lipinski definition) is 1. The maximum atomic E-state index is 13.1. The van der Waals surface area contributed by atoms with Crippen molar-refractivity contribution in [1.82, 2.24) is 4.57 Å². The third kappa shape index (κ3) is 1.63. The topological polar surface area (TPSA) is 25.2 Å². The van der Waals surface area contributed by atoms with E-state index in [0.717, 1.165) is 16.5 Å². The Morgan fingerprint density at radius 2 is 2.00 bits per heavy atom. The van der Waals surface area contributed by atoms with E-state index in [1.54, 1.807) is 19.9 Å². The molecule has 0 spiro atoms. The molecule has 0 fully saturated rings. The van der Waals surface area contributed by atoms with E-state index >= 15 is 0 Å². The van der Waals surface area contributed by atoms with Crippen LogP contribution in [0.2, 0.25) is 0 Å². The van der Waals surface area contributed by atoms with Crippen LogP contribution in [0.3, 0.4) is 0 Å². The number of benzene rings is 1. The van der Waals surface area contributed by atoms with Gasteiger partial charge in [0.2, 0.25) is 0 Å². The number of aromatic nitrogens is 1. The summed E-state index contributed by atoms with van der Waals surface area (Å²) in [6.45, 7) is 3.40. The van der Waals surface area contributed by atoms with Crippen LogP contribution in [-0.2, 0) is 12.6 Å². The molecule has 2 nitrogen and oxygen atoms in total. The number of aryl methyl sites for hydroxylation is 1. The highest BCUT2D eigenvalue weighted by atomic mass is 19.1. The van der Waals surface area contributed by atoms with Crippen molar-refractivity contribution in [2.75, 3.05) is 0 Å². The Morgan fingerprint density at radius 1 is 1.33 bits per heavy atom. The summed E-state index contributed by atoms with van der Waals surface area (Å²) in [4.78, 5) is 0. The Morgan fingerprint density at radius 3 is 2.60 bits per heavy atom. The summed E-state index contributed by atoms with van der Waals surface area (Å²) >= 11 is 0. The first-order valence-electron chi connectivity index (χ1n) is 4.87. The van der Waals surface area contributed by atoms with Crippen molar-refractivity contribution in [3.63, 3.8) is 0 Å². The molecule has 15 heavy (non-hydrogen) atoms. The summed E-state index contributed by atoms with van der Waals surface area (Å²) in [5, 5.41) is 10.7. The number of aliphatic hydroxyl groups is 1. The lowest BCUT2D eigenvalue weighted by Crippen LogP contribution is -2.14. The van der Waals surface area contributed by atoms with Gasteiger partial charge in [0.05, 0.1) is 5.60 Å². The van der Waals surface area contributed by atoms with Gasteiger partial charge in [0.1, 0.15) is 5.82 Å². The quantitative estimate of drug-likeness (QED) is 0.763. The Balaban J connectivity index is 2.81. The van der Waals surface area contributed by atoms with Crippen molar-refractivity contribution >= 4 is 10.9 Å². The van der Waals surface area contributed by atoms with E-state index in [1.807, 2.05) is 17.8 Å². The number of nitrogens with zero attached hydrogens (tertiary/aromatic N) is 1. The molecule has 80 valence electrons. The van der Waals surface area contributed by atoms with Gasteiger partial charge >= 0.3 is 0 Å². The standard InChI is InChI=1S/C12H14FNO/c1-12(2,15)10-7-14(3)11-5-4-8(13)6-9(10)11/h4-7,15H,1-3H3. The number of rotatable bonds is 1. The molecule has 2 rings (SSSR count). The molecule has 2 aromatic rings. The van der Waals surface area contributed by atoms with E-state index in [2.05, 4.69) is 0 Å². The summed E-state index contributed by atoms with van der Waals surface area (Å²) in [6, 6.07) is 4.61. The van der Waals surface area contributed by atoms with Gasteiger partial charge in [-0.25, -0.2) is 4.39 Å². The summed E-state index contributed by atoms with van der Waals surface area (Å²) < 4.78 is 15.0. The highest BCUT2D eigenvalue weighted by Crippen LogP contribution is 2.30. The molecule has 1 N–H and O–H groups in total. The zero-order valence-electron chi connectivity index (χ0n) is 9.08. The van der Waals surface area contributed by atoms with Gasteiger partial charge in [0.25, 0.3) is 0 Å². The maximum absolute atomic E-state index is 13.1. The minimum Gasteiger partial charge on any atom is -0.386 e. The van der Waals surface area contributed by atoms with Gasteiger partial charge in [-0.3, -0.25) is 0 Å². The molecule has 0 unspecified atom stereocenters. The normalized spacial score (nSPS) is 12.3. The molecule has 0 bridgehead atoms. The largest absolute Gasteiger partial charge is 0.386 e. The molecule has 0 amide bonds. The SMILES string of the molecule is Cn1cc(C(C)(C)O)c2cc(F)ccc21. The molecule has 1 aromatic heterocycles. The molecule has 3 heteroatoms. The maximum Gasteiger partial charge on any atom is 0.123 e. The number of fused-ring (bicyclic) bond motifs is 1. The van der Waals surface area contributed by atoms with Crippen LogP contribution in [0, 0.1) is 5.82 Å². The summed E-state index contributed by atoms with van der Waals surface area (Å²) in [6.07, 6.45) is 1.84. The van der Waals surface area contributed by atoms with Gasteiger partial charge < -0.3 is 9.67 Å². The molecule has 0 aliphatic heterocycles. The summed E-state index contributed by atoms with van der Waals surface area (Å²) in [5.41, 5.74) is 0.723. The third-order valence-corrected chi connectivity index (χ3v) is 2.61. The average Bonchev–Trinajstić information content (AvgIpc) is 2.42. The van der Waals surface area contributed by atoms with Gasteiger partial charge in [-0.15, -0.1) is 0 Å². The van der Waals surface area contributed by atoms with Crippen LogP contribution in [0.25, 0.3) is 10.9 Å². The third-order valence-electron chi connectivity index (χ3n) is 2.61. The predicted octanol–water partition coefficient (Wildman–Crippen LogP) is 2.54. The zero-order valence-corrected chi connectivity index (χ0v) is 9.08. The number of hydrogen-bond acceptors (Lipinski definition) is 1. The Kier molecular flexibility index (Phi) is 2.08. The lowest BCUT2D eigenvalue weighted by atomic mass is 9.98. The lowest BCUT2D eigenvalue weighted by Gasteiger charge is -2.16. The zero-order chi connectivity index (χ0) is 11.2. The summed E-state index contributed by atoms with van der Waals surface area (Å²) in [7, 11) is 1.88. The van der Waals surface area contributed by atoms with Crippen LogP contribution < -0.4 is 0 Å². The van der Waals surface area contributed by atoms with Crippen molar-refractivity contribution < 1.29 is 9.50 Å². The highest BCUT2D eigenvalue weighted by molar-refractivity contribution is 5.84. The van der Waals surface area contributed by atoms with E-state index in [-0.39, 0.29) is 5.82 Å². The first kappa shape index (κ1) is 10.2. The van der Waals surface area contributed by atoms with Gasteiger partial charge in [-0.2, -0.15) is 0 Å². The second kappa shape index (κ2) is 3.07. The monoisotopic (exact) mass is 207 g/mol. The fourth-order valence-corrected chi connectivity index (χ4v) is 1.85. The molecular formula is C12H14FNO. The fourth-order valence-electron chi connectivity index (χ4n) is 1.85. The fraction of sp³-hybridized carbons (Fsp3) is 0.333. The Hall–Kier alpha value is -1.35. The van der Waals surface area contributed by atoms with Crippen LogP contribution in [0.4, 0.5) is 4.39 Å². The van der Waals surface area contributed by atoms with Crippen molar-refractivity contribution in [1.29, 1.82) is 0 Å². The average molecular weight is 207 g/mol. The van der Waals surface area contributed by atoms with Gasteiger partial charge in [0, 0.05) is 29.7 Å². The van der Waals surface area contributed by atoms with Crippen LogP contribution in [0.1, 0.15) is 19.4 Å². The van der Waals surface area contributed by atoms with Gasteiger partial charge in [0.15, 0.2) is 0 Å². The Bertz CT molecular complexity index is 508. The molecule has 1 aromatic carbocycles. The van der Waals surface area contributed by atoms with Crippen LogP contribution in [0.15, 0.2) is 24.4 Å². The minimum atomic E-state index is -0.951. The molecule has 0 saturated heterocycles. The van der Waals surface area contributed by atoms with Crippen LogP contribution in [0.5, 0.6) is 0 Å². The van der Waals surface area contributed by atoms with Crippen LogP contribution in [-0.4, -0.2) is 9.67 Å². The van der Waals surface area contributed by atoms with Crippen molar-refractivity contribution in [2.45, 2.75) is 19.4 Å². The Labute approximate surface area is 88.0 Å². The lowest BCUT2D eigenvalue weighted by molar-refractivity contribution is 0.0800. The minimum absolute atomic E-state index is 0.279. The van der Waals surface area contributed by atoms with Crippen molar-refractivity contribution in [3.05, 3.63) is 35.8 Å². The van der Waals surface area contributed by atoms with E-state index in [0.29, 0.717) is 0 Å². The molecule has 0 atom stereocenters. The molecule has 0 saturated carbocycles. The van der Waals surface area contributed by atoms with Gasteiger partial charge in [-0.1, -0.05) is 0 Å².